The number of aryl methyl sites for hydroxylation is 2. The van der Waals surface area contributed by atoms with Gasteiger partial charge in [0.2, 0.25) is 0 Å². The van der Waals surface area contributed by atoms with Crippen molar-refractivity contribution in [1.82, 2.24) is 24.9 Å². The molecule has 0 saturated carbocycles. The van der Waals surface area contributed by atoms with Crippen LogP contribution in [-0.2, 0) is 13.6 Å². The highest BCUT2D eigenvalue weighted by atomic mass is 16.3. The van der Waals surface area contributed by atoms with E-state index in [1.54, 1.807) is 21.8 Å². The number of carbonyl (C=O) groups is 1. The van der Waals surface area contributed by atoms with Crippen LogP contribution in [0.25, 0.3) is 11.3 Å². The molecular formula is C16H19N5O2. The molecular weight excluding hydrogens is 294 g/mol. The summed E-state index contributed by atoms with van der Waals surface area (Å²) in [6, 6.07) is 3.72. The summed E-state index contributed by atoms with van der Waals surface area (Å²) in [6.07, 6.45) is 5.27. The lowest BCUT2D eigenvalue weighted by Gasteiger charge is -2.06. The Balaban J connectivity index is 1.58. The van der Waals surface area contributed by atoms with Crippen molar-refractivity contribution in [3.63, 3.8) is 0 Å². The summed E-state index contributed by atoms with van der Waals surface area (Å²) in [6.45, 7) is 4.81. The lowest BCUT2D eigenvalue weighted by atomic mass is 10.2. The van der Waals surface area contributed by atoms with Gasteiger partial charge in [-0.15, -0.1) is 0 Å². The Morgan fingerprint density at radius 3 is 2.87 bits per heavy atom. The number of nitrogens with zero attached hydrogens (tertiary/aromatic N) is 4. The zero-order valence-electron chi connectivity index (χ0n) is 13.4. The van der Waals surface area contributed by atoms with Crippen LogP contribution in [0.3, 0.4) is 0 Å². The molecule has 0 fully saturated rings. The molecule has 7 heteroatoms. The van der Waals surface area contributed by atoms with Gasteiger partial charge >= 0.3 is 0 Å². The summed E-state index contributed by atoms with van der Waals surface area (Å²) in [7, 11) is 1.83. The minimum absolute atomic E-state index is 0.105. The first-order valence-corrected chi connectivity index (χ1v) is 7.41. The maximum Gasteiger partial charge on any atom is 0.255 e. The summed E-state index contributed by atoms with van der Waals surface area (Å²) in [4.78, 5) is 12.3. The largest absolute Gasteiger partial charge is 0.464 e. The van der Waals surface area contributed by atoms with Crippen molar-refractivity contribution in [3.8, 4) is 11.3 Å². The third-order valence-electron chi connectivity index (χ3n) is 3.80. The highest BCUT2D eigenvalue weighted by molar-refractivity contribution is 5.96. The molecule has 0 unspecified atom stereocenters. The summed E-state index contributed by atoms with van der Waals surface area (Å²) in [5.74, 6) is 0.674. The van der Waals surface area contributed by atoms with E-state index in [-0.39, 0.29) is 5.91 Å². The predicted molar refractivity (Wildman–Crippen MR) is 84.9 cm³/mol. The van der Waals surface area contributed by atoms with E-state index >= 15 is 0 Å². The average Bonchev–Trinajstić information content (AvgIpc) is 3.21. The first kappa shape index (κ1) is 15.1. The first-order chi connectivity index (χ1) is 11.1. The summed E-state index contributed by atoms with van der Waals surface area (Å²) >= 11 is 0. The standard InChI is InChI=1S/C16H19N5O2/c1-11-15(12(2)20(3)19-11)16(22)17-6-7-21-10-13(9-18-21)14-5-4-8-23-14/h4-5,8-10H,6-7H2,1-3H3,(H,17,22). The quantitative estimate of drug-likeness (QED) is 0.780. The van der Waals surface area contributed by atoms with Crippen LogP contribution >= 0.6 is 0 Å². The molecule has 0 aromatic carbocycles. The molecule has 0 spiro atoms. The second-order valence-electron chi connectivity index (χ2n) is 5.39. The Kier molecular flexibility index (Phi) is 4.01. The van der Waals surface area contributed by atoms with Crippen LogP contribution in [0.15, 0.2) is 35.2 Å². The van der Waals surface area contributed by atoms with Crippen molar-refractivity contribution in [3.05, 3.63) is 47.7 Å². The summed E-state index contributed by atoms with van der Waals surface area (Å²) in [5, 5.41) is 11.4. The Morgan fingerprint density at radius 2 is 2.22 bits per heavy atom. The molecule has 0 aliphatic carbocycles. The van der Waals surface area contributed by atoms with Crippen LogP contribution in [0, 0.1) is 13.8 Å². The maximum atomic E-state index is 12.3. The predicted octanol–water partition coefficient (Wildman–Crippen LogP) is 1.92. The van der Waals surface area contributed by atoms with Crippen LogP contribution in [0.4, 0.5) is 0 Å². The second-order valence-corrected chi connectivity index (χ2v) is 5.39. The van der Waals surface area contributed by atoms with Crippen LogP contribution in [-0.4, -0.2) is 32.0 Å². The molecule has 3 heterocycles. The molecule has 1 amide bonds. The molecule has 0 saturated heterocycles. The van der Waals surface area contributed by atoms with E-state index in [1.165, 1.54) is 0 Å². The van der Waals surface area contributed by atoms with E-state index in [1.807, 2.05) is 39.2 Å². The lowest BCUT2D eigenvalue weighted by Crippen LogP contribution is -2.28. The van der Waals surface area contributed by atoms with Gasteiger partial charge < -0.3 is 9.73 Å². The van der Waals surface area contributed by atoms with Gasteiger partial charge in [0.1, 0.15) is 5.76 Å². The fourth-order valence-electron chi connectivity index (χ4n) is 2.53. The van der Waals surface area contributed by atoms with E-state index in [4.69, 9.17) is 4.42 Å². The third-order valence-corrected chi connectivity index (χ3v) is 3.80. The van der Waals surface area contributed by atoms with Crippen molar-refractivity contribution in [2.45, 2.75) is 20.4 Å². The van der Waals surface area contributed by atoms with E-state index < -0.39 is 0 Å². The van der Waals surface area contributed by atoms with Gasteiger partial charge in [0.05, 0.1) is 35.8 Å². The number of amides is 1. The van der Waals surface area contributed by atoms with Crippen molar-refractivity contribution in [2.75, 3.05) is 6.54 Å². The molecule has 0 aliphatic heterocycles. The number of furan rings is 1. The number of aromatic nitrogens is 4. The Labute approximate surface area is 133 Å². The molecule has 3 rings (SSSR count). The lowest BCUT2D eigenvalue weighted by molar-refractivity contribution is 0.0950. The van der Waals surface area contributed by atoms with Crippen LogP contribution in [0.2, 0.25) is 0 Å². The molecule has 3 aromatic rings. The molecule has 120 valence electrons. The topological polar surface area (TPSA) is 77.9 Å². The van der Waals surface area contributed by atoms with Crippen molar-refractivity contribution < 1.29 is 9.21 Å². The highest BCUT2D eigenvalue weighted by Gasteiger charge is 2.16. The van der Waals surface area contributed by atoms with Crippen LogP contribution < -0.4 is 5.32 Å². The molecule has 0 radical (unpaired) electrons. The van der Waals surface area contributed by atoms with Gasteiger partial charge in [-0.1, -0.05) is 0 Å². The van der Waals surface area contributed by atoms with E-state index in [0.29, 0.717) is 18.7 Å². The minimum atomic E-state index is -0.105. The molecule has 0 atom stereocenters. The minimum Gasteiger partial charge on any atom is -0.464 e. The van der Waals surface area contributed by atoms with Crippen molar-refractivity contribution in [1.29, 1.82) is 0 Å². The molecule has 1 N–H and O–H groups in total. The van der Waals surface area contributed by atoms with E-state index in [2.05, 4.69) is 15.5 Å². The number of nitrogens with one attached hydrogen (secondary N) is 1. The fraction of sp³-hybridized carbons (Fsp3) is 0.312. The molecule has 0 bridgehead atoms. The Bertz CT molecular complexity index is 814. The maximum absolute atomic E-state index is 12.3. The average molecular weight is 313 g/mol. The molecule has 0 aliphatic rings. The number of carbonyl (C=O) groups excluding carboxylic acids is 1. The van der Waals surface area contributed by atoms with Crippen LogP contribution in [0.1, 0.15) is 21.7 Å². The molecule has 7 nitrogen and oxygen atoms in total. The third kappa shape index (κ3) is 3.03. The van der Waals surface area contributed by atoms with Gasteiger partial charge in [-0.2, -0.15) is 10.2 Å². The normalized spacial score (nSPS) is 10.9. The van der Waals surface area contributed by atoms with Gasteiger partial charge in [-0.3, -0.25) is 14.2 Å². The Hall–Kier alpha value is -2.83. The summed E-state index contributed by atoms with van der Waals surface area (Å²) in [5.41, 5.74) is 3.16. The van der Waals surface area contributed by atoms with Crippen molar-refractivity contribution >= 4 is 5.91 Å². The van der Waals surface area contributed by atoms with Crippen molar-refractivity contribution in [2.24, 2.45) is 7.05 Å². The van der Waals surface area contributed by atoms with Gasteiger partial charge in [0, 0.05) is 25.5 Å². The summed E-state index contributed by atoms with van der Waals surface area (Å²) < 4.78 is 8.82. The van der Waals surface area contributed by atoms with Gasteiger partial charge in [0.25, 0.3) is 5.91 Å². The van der Waals surface area contributed by atoms with Gasteiger partial charge in [-0.05, 0) is 26.0 Å². The highest BCUT2D eigenvalue weighted by Crippen LogP contribution is 2.18. The Morgan fingerprint density at radius 1 is 1.39 bits per heavy atom. The van der Waals surface area contributed by atoms with Gasteiger partial charge in [0.15, 0.2) is 0 Å². The number of hydrogen-bond acceptors (Lipinski definition) is 4. The van der Waals surface area contributed by atoms with E-state index in [9.17, 15) is 4.79 Å². The first-order valence-electron chi connectivity index (χ1n) is 7.41. The van der Waals surface area contributed by atoms with Gasteiger partial charge in [-0.25, -0.2) is 0 Å². The number of hydrogen-bond donors (Lipinski definition) is 1. The molecule has 3 aromatic heterocycles. The fourth-order valence-corrected chi connectivity index (χ4v) is 2.53. The zero-order chi connectivity index (χ0) is 16.4. The number of rotatable bonds is 5. The zero-order valence-corrected chi connectivity index (χ0v) is 13.4. The van der Waals surface area contributed by atoms with Crippen LogP contribution in [0.5, 0.6) is 0 Å². The molecule has 23 heavy (non-hydrogen) atoms. The smallest absolute Gasteiger partial charge is 0.255 e. The SMILES string of the molecule is Cc1nn(C)c(C)c1C(=O)NCCn1cc(-c2ccco2)cn1. The van der Waals surface area contributed by atoms with E-state index in [0.717, 1.165) is 22.7 Å². The monoisotopic (exact) mass is 313 g/mol. The second kappa shape index (κ2) is 6.12.